The highest BCUT2D eigenvalue weighted by molar-refractivity contribution is 5.86. The summed E-state index contributed by atoms with van der Waals surface area (Å²) in [7, 11) is 0. The molecule has 1 aromatic heterocycles. The first-order valence-electron chi connectivity index (χ1n) is 6.91. The fourth-order valence-corrected chi connectivity index (χ4v) is 3.21. The van der Waals surface area contributed by atoms with E-state index in [-0.39, 0.29) is 6.10 Å². The molecule has 1 fully saturated rings. The van der Waals surface area contributed by atoms with Crippen molar-refractivity contribution in [1.29, 1.82) is 0 Å². The lowest BCUT2D eigenvalue weighted by Crippen LogP contribution is -2.15. The lowest BCUT2D eigenvalue weighted by molar-refractivity contribution is 0.133. The van der Waals surface area contributed by atoms with Gasteiger partial charge in [-0.05, 0) is 55.7 Å². The zero-order chi connectivity index (χ0) is 12.7. The highest BCUT2D eigenvalue weighted by atomic mass is 16.3. The second kappa shape index (κ2) is 4.43. The normalized spacial score (nSPS) is 23.9. The number of aliphatic hydroxyl groups excluding tert-OH is 1. The Hall–Kier alpha value is -1.28. The van der Waals surface area contributed by atoms with Gasteiger partial charge in [0.1, 0.15) is 0 Å². The Kier molecular flexibility index (Phi) is 2.90. The van der Waals surface area contributed by atoms with Crippen LogP contribution in [0.1, 0.15) is 36.0 Å². The smallest absolute Gasteiger partial charge is 0.0571 e. The van der Waals surface area contributed by atoms with Crippen molar-refractivity contribution in [1.82, 2.24) is 4.98 Å². The molecule has 96 valence electrons. The van der Waals surface area contributed by atoms with Gasteiger partial charge in [-0.2, -0.15) is 0 Å². The van der Waals surface area contributed by atoms with Crippen LogP contribution in [0.5, 0.6) is 0 Å². The van der Waals surface area contributed by atoms with Crippen LogP contribution in [0.3, 0.4) is 0 Å². The fourth-order valence-electron chi connectivity index (χ4n) is 3.21. The number of benzene rings is 1. The van der Waals surface area contributed by atoms with Crippen molar-refractivity contribution in [2.45, 2.75) is 45.6 Å². The molecule has 2 unspecified atom stereocenters. The number of hydrogen-bond acceptors (Lipinski definition) is 1. The molecule has 0 bridgehead atoms. The van der Waals surface area contributed by atoms with Crippen LogP contribution < -0.4 is 0 Å². The van der Waals surface area contributed by atoms with Crippen molar-refractivity contribution in [2.75, 3.05) is 0 Å². The summed E-state index contributed by atoms with van der Waals surface area (Å²) < 4.78 is 0. The number of H-pyrrole nitrogens is 1. The minimum absolute atomic E-state index is 0.0958. The second-order valence-electron chi connectivity index (χ2n) is 5.71. The van der Waals surface area contributed by atoms with Crippen molar-refractivity contribution < 1.29 is 5.11 Å². The molecular formula is C16H21NO. The molecular weight excluding hydrogens is 222 g/mol. The first kappa shape index (κ1) is 11.8. The fraction of sp³-hybridized carbons (Fsp3) is 0.500. The SMILES string of the molecule is Cc1ccc2c(CC3CCCC3O)c[nH]c2c1C. The third kappa shape index (κ3) is 1.85. The van der Waals surface area contributed by atoms with Crippen molar-refractivity contribution in [2.24, 2.45) is 5.92 Å². The van der Waals surface area contributed by atoms with Crippen molar-refractivity contribution in [3.05, 3.63) is 35.0 Å². The van der Waals surface area contributed by atoms with Gasteiger partial charge < -0.3 is 10.1 Å². The van der Waals surface area contributed by atoms with E-state index in [0.29, 0.717) is 5.92 Å². The predicted octanol–water partition coefficient (Wildman–Crippen LogP) is 3.49. The topological polar surface area (TPSA) is 36.0 Å². The van der Waals surface area contributed by atoms with Gasteiger partial charge in [-0.3, -0.25) is 0 Å². The molecule has 2 heteroatoms. The van der Waals surface area contributed by atoms with E-state index in [9.17, 15) is 5.11 Å². The minimum Gasteiger partial charge on any atom is -0.393 e. The van der Waals surface area contributed by atoms with Crippen LogP contribution in [0.25, 0.3) is 10.9 Å². The van der Waals surface area contributed by atoms with Gasteiger partial charge in [0, 0.05) is 17.1 Å². The van der Waals surface area contributed by atoms with Crippen LogP contribution in [0.4, 0.5) is 0 Å². The molecule has 0 spiro atoms. The van der Waals surface area contributed by atoms with Gasteiger partial charge >= 0.3 is 0 Å². The van der Waals surface area contributed by atoms with E-state index in [0.717, 1.165) is 12.8 Å². The van der Waals surface area contributed by atoms with Crippen molar-refractivity contribution >= 4 is 10.9 Å². The van der Waals surface area contributed by atoms with E-state index in [4.69, 9.17) is 0 Å². The number of aliphatic hydroxyl groups is 1. The summed E-state index contributed by atoms with van der Waals surface area (Å²) in [5.41, 5.74) is 5.29. The van der Waals surface area contributed by atoms with Gasteiger partial charge in [-0.1, -0.05) is 18.6 Å². The summed E-state index contributed by atoms with van der Waals surface area (Å²) in [4.78, 5) is 3.40. The molecule has 1 aliphatic rings. The summed E-state index contributed by atoms with van der Waals surface area (Å²) in [6.07, 6.45) is 6.35. The number of nitrogens with one attached hydrogen (secondary N) is 1. The zero-order valence-electron chi connectivity index (χ0n) is 11.2. The highest BCUT2D eigenvalue weighted by Gasteiger charge is 2.26. The Labute approximate surface area is 108 Å². The van der Waals surface area contributed by atoms with E-state index >= 15 is 0 Å². The molecule has 1 aliphatic carbocycles. The third-order valence-corrected chi connectivity index (χ3v) is 4.57. The average Bonchev–Trinajstić information content (AvgIpc) is 2.93. The number of aromatic nitrogens is 1. The Morgan fingerprint density at radius 1 is 1.28 bits per heavy atom. The first-order valence-corrected chi connectivity index (χ1v) is 6.91. The van der Waals surface area contributed by atoms with Gasteiger partial charge in [0.05, 0.1) is 6.10 Å². The van der Waals surface area contributed by atoms with Crippen LogP contribution in [0, 0.1) is 19.8 Å². The van der Waals surface area contributed by atoms with Gasteiger partial charge in [0.2, 0.25) is 0 Å². The second-order valence-corrected chi connectivity index (χ2v) is 5.71. The monoisotopic (exact) mass is 243 g/mol. The largest absolute Gasteiger partial charge is 0.393 e. The molecule has 0 amide bonds. The quantitative estimate of drug-likeness (QED) is 0.832. The van der Waals surface area contributed by atoms with E-state index in [1.807, 2.05) is 0 Å². The predicted molar refractivity (Wildman–Crippen MR) is 74.8 cm³/mol. The van der Waals surface area contributed by atoms with Gasteiger partial charge in [-0.15, -0.1) is 0 Å². The molecule has 3 rings (SSSR count). The summed E-state index contributed by atoms with van der Waals surface area (Å²) in [6.45, 7) is 4.32. The van der Waals surface area contributed by atoms with E-state index in [1.54, 1.807) is 0 Å². The zero-order valence-corrected chi connectivity index (χ0v) is 11.2. The maximum atomic E-state index is 9.95. The lowest BCUT2D eigenvalue weighted by atomic mass is 9.95. The molecule has 0 saturated heterocycles. The number of hydrogen-bond donors (Lipinski definition) is 2. The number of aromatic amines is 1. The molecule has 1 aromatic carbocycles. The minimum atomic E-state index is -0.0958. The lowest BCUT2D eigenvalue weighted by Gasteiger charge is -2.13. The summed E-state index contributed by atoms with van der Waals surface area (Å²) >= 11 is 0. The number of aryl methyl sites for hydroxylation is 2. The molecule has 2 N–H and O–H groups in total. The maximum Gasteiger partial charge on any atom is 0.0571 e. The third-order valence-electron chi connectivity index (χ3n) is 4.57. The summed E-state index contributed by atoms with van der Waals surface area (Å²) in [5.74, 6) is 0.450. The van der Waals surface area contributed by atoms with Crippen LogP contribution in [0.2, 0.25) is 0 Å². The maximum absolute atomic E-state index is 9.95. The van der Waals surface area contributed by atoms with Gasteiger partial charge in [0.25, 0.3) is 0 Å². The van der Waals surface area contributed by atoms with Crippen LogP contribution in [-0.2, 0) is 6.42 Å². The molecule has 0 aliphatic heterocycles. The Balaban J connectivity index is 1.96. The molecule has 18 heavy (non-hydrogen) atoms. The summed E-state index contributed by atoms with van der Waals surface area (Å²) in [6, 6.07) is 4.41. The average molecular weight is 243 g/mol. The van der Waals surface area contributed by atoms with Crippen molar-refractivity contribution in [3.8, 4) is 0 Å². The molecule has 1 heterocycles. The van der Waals surface area contributed by atoms with Crippen LogP contribution in [0.15, 0.2) is 18.3 Å². The Morgan fingerprint density at radius 3 is 2.83 bits per heavy atom. The van der Waals surface area contributed by atoms with E-state index in [1.165, 1.54) is 40.4 Å². The molecule has 2 aromatic rings. The van der Waals surface area contributed by atoms with Crippen molar-refractivity contribution in [3.63, 3.8) is 0 Å². The van der Waals surface area contributed by atoms with E-state index < -0.39 is 0 Å². The van der Waals surface area contributed by atoms with Crippen LogP contribution in [-0.4, -0.2) is 16.2 Å². The summed E-state index contributed by atoms with van der Waals surface area (Å²) in [5, 5.41) is 11.3. The van der Waals surface area contributed by atoms with Gasteiger partial charge in [-0.25, -0.2) is 0 Å². The Morgan fingerprint density at radius 2 is 2.11 bits per heavy atom. The molecule has 2 atom stereocenters. The highest BCUT2D eigenvalue weighted by Crippen LogP contribution is 2.32. The number of fused-ring (bicyclic) bond motifs is 1. The number of rotatable bonds is 2. The molecule has 2 nitrogen and oxygen atoms in total. The Bertz CT molecular complexity index is 570. The first-order chi connectivity index (χ1) is 8.66. The van der Waals surface area contributed by atoms with Gasteiger partial charge in [0.15, 0.2) is 0 Å². The molecule has 1 saturated carbocycles. The molecule has 0 radical (unpaired) electrons. The van der Waals surface area contributed by atoms with E-state index in [2.05, 4.69) is 37.2 Å². The standard InChI is InChI=1S/C16H21NO/c1-10-6-7-14-13(9-17-16(14)11(10)2)8-12-4-3-5-15(12)18/h6-7,9,12,15,17-18H,3-5,8H2,1-2H3. The van der Waals surface area contributed by atoms with Crippen LogP contribution >= 0.6 is 0 Å².